The molecular formula is C21H30OS2. The van der Waals surface area contributed by atoms with Crippen molar-refractivity contribution in [3.63, 3.8) is 0 Å². The van der Waals surface area contributed by atoms with Crippen molar-refractivity contribution in [1.82, 2.24) is 0 Å². The molecule has 5 rings (SSSR count). The fourth-order valence-electron chi connectivity index (χ4n) is 7.24. The number of carbonyl (C=O) groups is 1. The number of carbonyl (C=O) groups excluding carboxylic acids is 1. The van der Waals surface area contributed by atoms with E-state index in [0.29, 0.717) is 9.86 Å². The van der Waals surface area contributed by atoms with Crippen LogP contribution in [0, 0.1) is 29.1 Å². The van der Waals surface area contributed by atoms with Gasteiger partial charge in [-0.05, 0) is 75.0 Å². The van der Waals surface area contributed by atoms with E-state index in [1.807, 2.05) is 5.57 Å². The van der Waals surface area contributed by atoms with E-state index in [1.54, 1.807) is 0 Å². The van der Waals surface area contributed by atoms with Crippen LogP contribution >= 0.6 is 23.5 Å². The van der Waals surface area contributed by atoms with Crippen molar-refractivity contribution in [2.75, 3.05) is 11.5 Å². The third-order valence-electron chi connectivity index (χ3n) is 8.31. The van der Waals surface area contributed by atoms with Crippen molar-refractivity contribution >= 4 is 29.3 Å². The number of thioether (sulfide) groups is 2. The smallest absolute Gasteiger partial charge is 0.139 e. The molecule has 4 fully saturated rings. The third kappa shape index (κ3) is 2.19. The number of fused-ring (bicyclic) bond motifs is 5. The van der Waals surface area contributed by atoms with Gasteiger partial charge < -0.3 is 0 Å². The van der Waals surface area contributed by atoms with Crippen LogP contribution in [-0.2, 0) is 4.79 Å². The first kappa shape index (κ1) is 16.3. The van der Waals surface area contributed by atoms with Gasteiger partial charge in [0, 0.05) is 23.3 Å². The minimum Gasteiger partial charge on any atom is -0.299 e. The molecule has 1 heterocycles. The zero-order chi connectivity index (χ0) is 16.4. The summed E-state index contributed by atoms with van der Waals surface area (Å²) in [6.07, 6.45) is 14.0. The number of ketones is 1. The monoisotopic (exact) mass is 362 g/mol. The summed E-state index contributed by atoms with van der Waals surface area (Å²) in [7, 11) is 0. The largest absolute Gasteiger partial charge is 0.299 e. The lowest BCUT2D eigenvalue weighted by atomic mass is 9.51. The Morgan fingerprint density at radius 2 is 1.88 bits per heavy atom. The second-order valence-electron chi connectivity index (χ2n) is 8.86. The summed E-state index contributed by atoms with van der Waals surface area (Å²) in [5, 5.41) is 0. The predicted molar refractivity (Wildman–Crippen MR) is 104 cm³/mol. The summed E-state index contributed by atoms with van der Waals surface area (Å²) < 4.78 is 0.448. The minimum atomic E-state index is 0.0927. The zero-order valence-electron chi connectivity index (χ0n) is 14.9. The highest BCUT2D eigenvalue weighted by Gasteiger charge is 2.58. The van der Waals surface area contributed by atoms with Crippen molar-refractivity contribution < 1.29 is 4.79 Å². The highest BCUT2D eigenvalue weighted by atomic mass is 32.2. The minimum absolute atomic E-state index is 0.0927. The Bertz CT molecular complexity index is 576. The fraction of sp³-hybridized carbons (Fsp3) is 0.857. The van der Waals surface area contributed by atoms with Gasteiger partial charge in [0.25, 0.3) is 0 Å². The Labute approximate surface area is 155 Å². The molecule has 0 N–H and O–H groups in total. The first-order chi connectivity index (χ1) is 11.7. The van der Waals surface area contributed by atoms with Crippen molar-refractivity contribution in [2.24, 2.45) is 29.1 Å². The van der Waals surface area contributed by atoms with Gasteiger partial charge in [-0.2, -0.15) is 0 Å². The first-order valence-electron chi connectivity index (χ1n) is 10.2. The van der Waals surface area contributed by atoms with E-state index in [-0.39, 0.29) is 5.41 Å². The Hall–Kier alpha value is 0.110. The average molecular weight is 363 g/mol. The van der Waals surface area contributed by atoms with Gasteiger partial charge in [-0.25, -0.2) is 0 Å². The number of hydrogen-bond acceptors (Lipinski definition) is 3. The zero-order valence-corrected chi connectivity index (χ0v) is 16.5. The van der Waals surface area contributed by atoms with Gasteiger partial charge >= 0.3 is 0 Å². The first-order valence-corrected chi connectivity index (χ1v) is 12.2. The maximum absolute atomic E-state index is 12.7. The third-order valence-corrected chi connectivity index (χ3v) is 11.7. The summed E-state index contributed by atoms with van der Waals surface area (Å²) in [5.41, 5.74) is 1.91. The molecule has 0 amide bonds. The molecule has 0 radical (unpaired) electrons. The Balaban J connectivity index is 1.43. The molecule has 0 aromatic carbocycles. The molecule has 0 aromatic rings. The lowest BCUT2D eigenvalue weighted by Gasteiger charge is -2.54. The van der Waals surface area contributed by atoms with Gasteiger partial charge in [0.15, 0.2) is 0 Å². The summed E-state index contributed by atoms with van der Waals surface area (Å²) in [6, 6.07) is 0. The molecule has 1 spiro atoms. The van der Waals surface area contributed by atoms with Gasteiger partial charge in [-0.15, -0.1) is 23.5 Å². The predicted octanol–water partition coefficient (Wildman–Crippen LogP) is 5.69. The van der Waals surface area contributed by atoms with Crippen molar-refractivity contribution in [1.29, 1.82) is 0 Å². The SMILES string of the molecule is CC[C@]12CCC3C4CCC5(C=C4CCC3C1CCC2=O)SCCS5. The number of rotatable bonds is 1. The van der Waals surface area contributed by atoms with Crippen LogP contribution in [0.5, 0.6) is 0 Å². The number of hydrogen-bond donors (Lipinski definition) is 0. The summed E-state index contributed by atoms with van der Waals surface area (Å²) >= 11 is 4.42. The van der Waals surface area contributed by atoms with E-state index in [1.165, 1.54) is 56.5 Å². The summed E-state index contributed by atoms with van der Waals surface area (Å²) in [6.45, 7) is 2.28. The van der Waals surface area contributed by atoms with Crippen LogP contribution in [0.4, 0.5) is 0 Å². The molecule has 4 unspecified atom stereocenters. The Morgan fingerprint density at radius 1 is 1.04 bits per heavy atom. The van der Waals surface area contributed by atoms with E-state index in [0.717, 1.165) is 36.5 Å². The maximum Gasteiger partial charge on any atom is 0.139 e. The van der Waals surface area contributed by atoms with E-state index in [4.69, 9.17) is 0 Å². The van der Waals surface area contributed by atoms with Crippen LogP contribution in [0.2, 0.25) is 0 Å². The van der Waals surface area contributed by atoms with Gasteiger partial charge in [-0.3, -0.25) is 4.79 Å². The summed E-state index contributed by atoms with van der Waals surface area (Å²) in [4.78, 5) is 12.7. The summed E-state index contributed by atoms with van der Waals surface area (Å²) in [5.74, 6) is 6.64. The molecule has 132 valence electrons. The highest BCUT2D eigenvalue weighted by Crippen LogP contribution is 2.63. The van der Waals surface area contributed by atoms with Crippen LogP contribution in [-0.4, -0.2) is 21.4 Å². The lowest BCUT2D eigenvalue weighted by Crippen LogP contribution is -2.48. The normalized spacial score (nSPS) is 46.4. The molecule has 5 aliphatic rings. The van der Waals surface area contributed by atoms with Crippen molar-refractivity contribution in [3.05, 3.63) is 11.6 Å². The fourth-order valence-corrected chi connectivity index (χ4v) is 10.4. The van der Waals surface area contributed by atoms with Crippen LogP contribution in [0.15, 0.2) is 11.6 Å². The number of allylic oxidation sites excluding steroid dienone is 1. The van der Waals surface area contributed by atoms with E-state index in [2.05, 4.69) is 36.5 Å². The molecule has 4 aliphatic carbocycles. The van der Waals surface area contributed by atoms with Crippen molar-refractivity contribution in [2.45, 2.75) is 68.8 Å². The number of Topliss-reactive ketones (excluding diaryl/α,β-unsaturated/α-hetero) is 1. The standard InChI is InChI=1S/C21H30OS2/c1-2-20-9-7-16-15-8-10-21(23-11-12-24-21)13-14(15)3-4-17(16)18(20)5-6-19(20)22/h13,15-18H,2-12H2,1H3/t15?,16?,17?,18?,20-/m0/s1. The lowest BCUT2D eigenvalue weighted by molar-refractivity contribution is -0.132. The van der Waals surface area contributed by atoms with E-state index >= 15 is 0 Å². The second kappa shape index (κ2) is 5.81. The Kier molecular flexibility index (Phi) is 3.94. The molecule has 1 nitrogen and oxygen atoms in total. The molecular weight excluding hydrogens is 332 g/mol. The van der Waals surface area contributed by atoms with Crippen LogP contribution < -0.4 is 0 Å². The molecule has 5 atom stereocenters. The topological polar surface area (TPSA) is 17.1 Å². The average Bonchev–Trinajstić information content (AvgIpc) is 3.19. The molecule has 1 aliphatic heterocycles. The van der Waals surface area contributed by atoms with Crippen LogP contribution in [0.3, 0.4) is 0 Å². The van der Waals surface area contributed by atoms with E-state index in [9.17, 15) is 4.79 Å². The van der Waals surface area contributed by atoms with Crippen LogP contribution in [0.25, 0.3) is 0 Å². The molecule has 0 bridgehead atoms. The maximum atomic E-state index is 12.7. The van der Waals surface area contributed by atoms with Gasteiger partial charge in [0.05, 0.1) is 4.08 Å². The van der Waals surface area contributed by atoms with Gasteiger partial charge in [-0.1, -0.05) is 18.6 Å². The second-order valence-corrected chi connectivity index (χ2v) is 12.0. The van der Waals surface area contributed by atoms with Gasteiger partial charge in [0.1, 0.15) is 5.78 Å². The van der Waals surface area contributed by atoms with Gasteiger partial charge in [0.2, 0.25) is 0 Å². The van der Waals surface area contributed by atoms with Crippen LogP contribution in [0.1, 0.15) is 64.7 Å². The molecule has 1 saturated heterocycles. The quantitative estimate of drug-likeness (QED) is 0.557. The van der Waals surface area contributed by atoms with E-state index < -0.39 is 0 Å². The van der Waals surface area contributed by atoms with Crippen molar-refractivity contribution in [3.8, 4) is 0 Å². The molecule has 3 heteroatoms. The highest BCUT2D eigenvalue weighted by molar-refractivity contribution is 8.21. The molecule has 24 heavy (non-hydrogen) atoms. The molecule has 3 saturated carbocycles. The molecule has 0 aromatic heterocycles. The Morgan fingerprint density at radius 3 is 2.67 bits per heavy atom.